The molecule has 1 heterocycles. The van der Waals surface area contributed by atoms with Crippen LogP contribution in [0.4, 0.5) is 0 Å². The molecule has 1 aliphatic rings. The molecule has 4 rings (SSSR count). The third-order valence-corrected chi connectivity index (χ3v) is 5.86. The summed E-state index contributed by atoms with van der Waals surface area (Å²) in [6, 6.07) is 29.8. The molecule has 1 N–H and O–H groups in total. The lowest BCUT2D eigenvalue weighted by Gasteiger charge is -2.45. The molecule has 5 atom stereocenters. The van der Waals surface area contributed by atoms with E-state index in [4.69, 9.17) is 23.7 Å². The summed E-state index contributed by atoms with van der Waals surface area (Å²) in [5.74, 6) is 0. The van der Waals surface area contributed by atoms with Crippen LogP contribution >= 0.6 is 0 Å². The summed E-state index contributed by atoms with van der Waals surface area (Å²) in [7, 11) is 1.57. The van der Waals surface area contributed by atoms with Gasteiger partial charge in [-0.25, -0.2) is 0 Å². The van der Waals surface area contributed by atoms with Gasteiger partial charge in [0.25, 0.3) is 0 Å². The molecular formula is C28H32O6. The van der Waals surface area contributed by atoms with Crippen molar-refractivity contribution in [3.63, 3.8) is 0 Å². The van der Waals surface area contributed by atoms with Gasteiger partial charge in [-0.05, 0) is 16.7 Å². The molecule has 3 aromatic carbocycles. The van der Waals surface area contributed by atoms with Crippen LogP contribution in [0.3, 0.4) is 0 Å². The average Bonchev–Trinajstić information content (AvgIpc) is 2.91. The van der Waals surface area contributed by atoms with Crippen LogP contribution in [0.15, 0.2) is 91.0 Å². The van der Waals surface area contributed by atoms with Gasteiger partial charge in [0, 0.05) is 7.11 Å². The van der Waals surface area contributed by atoms with E-state index in [1.165, 1.54) is 0 Å². The Hall–Kier alpha value is -2.58. The first-order chi connectivity index (χ1) is 16.8. The highest BCUT2D eigenvalue weighted by Crippen LogP contribution is 2.30. The maximum Gasteiger partial charge on any atom is 0.186 e. The third-order valence-electron chi connectivity index (χ3n) is 5.86. The van der Waals surface area contributed by atoms with Crippen LogP contribution in [0.1, 0.15) is 16.7 Å². The minimum Gasteiger partial charge on any atom is -0.394 e. The zero-order valence-corrected chi connectivity index (χ0v) is 19.4. The fourth-order valence-electron chi connectivity index (χ4n) is 4.08. The number of hydrogen-bond donors (Lipinski definition) is 1. The van der Waals surface area contributed by atoms with Gasteiger partial charge in [0.2, 0.25) is 0 Å². The van der Waals surface area contributed by atoms with Crippen LogP contribution in [0.5, 0.6) is 0 Å². The Kier molecular flexibility index (Phi) is 9.21. The zero-order chi connectivity index (χ0) is 23.6. The molecule has 180 valence electrons. The highest BCUT2D eigenvalue weighted by molar-refractivity contribution is 5.15. The highest BCUT2D eigenvalue weighted by Gasteiger charge is 2.48. The lowest BCUT2D eigenvalue weighted by Crippen LogP contribution is -2.61. The van der Waals surface area contributed by atoms with Gasteiger partial charge < -0.3 is 28.8 Å². The van der Waals surface area contributed by atoms with Crippen molar-refractivity contribution in [1.29, 1.82) is 0 Å². The minimum atomic E-state index is -0.710. The molecular weight excluding hydrogens is 432 g/mol. The van der Waals surface area contributed by atoms with Gasteiger partial charge in [0.05, 0.1) is 26.4 Å². The van der Waals surface area contributed by atoms with E-state index in [1.54, 1.807) is 7.11 Å². The summed E-state index contributed by atoms with van der Waals surface area (Å²) < 4.78 is 30.7. The Labute approximate surface area is 201 Å². The van der Waals surface area contributed by atoms with Crippen LogP contribution in [-0.2, 0) is 43.5 Å². The zero-order valence-electron chi connectivity index (χ0n) is 19.4. The normalized spacial score (nSPS) is 24.7. The Morgan fingerprint density at radius 3 is 1.44 bits per heavy atom. The summed E-state index contributed by atoms with van der Waals surface area (Å²) in [6.45, 7) is 0.876. The lowest BCUT2D eigenvalue weighted by molar-refractivity contribution is -0.321. The molecule has 3 aromatic rings. The first kappa shape index (κ1) is 24.5. The van der Waals surface area contributed by atoms with E-state index in [1.807, 2.05) is 91.0 Å². The van der Waals surface area contributed by atoms with Crippen LogP contribution in [-0.4, -0.2) is 49.5 Å². The molecule has 1 fully saturated rings. The van der Waals surface area contributed by atoms with Crippen LogP contribution in [0, 0.1) is 0 Å². The first-order valence-corrected chi connectivity index (χ1v) is 11.5. The summed E-state index contributed by atoms with van der Waals surface area (Å²) in [5, 5.41) is 10.1. The number of benzene rings is 3. The Morgan fingerprint density at radius 1 is 0.618 bits per heavy atom. The monoisotopic (exact) mass is 464 g/mol. The van der Waals surface area contributed by atoms with Crippen molar-refractivity contribution in [1.82, 2.24) is 0 Å². The molecule has 0 unspecified atom stereocenters. The van der Waals surface area contributed by atoms with Crippen LogP contribution in [0.25, 0.3) is 0 Å². The smallest absolute Gasteiger partial charge is 0.186 e. The molecule has 0 saturated carbocycles. The largest absolute Gasteiger partial charge is 0.394 e. The quantitative estimate of drug-likeness (QED) is 0.461. The Bertz CT molecular complexity index is 895. The summed E-state index contributed by atoms with van der Waals surface area (Å²) in [5.41, 5.74) is 3.09. The maximum atomic E-state index is 10.1. The van der Waals surface area contributed by atoms with Gasteiger partial charge in [-0.1, -0.05) is 91.0 Å². The summed E-state index contributed by atoms with van der Waals surface area (Å²) >= 11 is 0. The molecule has 0 bridgehead atoms. The van der Waals surface area contributed by atoms with E-state index in [2.05, 4.69) is 0 Å². The van der Waals surface area contributed by atoms with E-state index in [9.17, 15) is 5.11 Å². The van der Waals surface area contributed by atoms with E-state index in [-0.39, 0.29) is 6.61 Å². The molecule has 1 aliphatic heterocycles. The molecule has 0 aliphatic carbocycles. The molecule has 34 heavy (non-hydrogen) atoms. The number of ether oxygens (including phenoxy) is 5. The fraction of sp³-hybridized carbons (Fsp3) is 0.357. The van der Waals surface area contributed by atoms with Crippen LogP contribution < -0.4 is 0 Å². The third kappa shape index (κ3) is 6.51. The minimum absolute atomic E-state index is 0.226. The number of hydrogen-bond acceptors (Lipinski definition) is 6. The topological polar surface area (TPSA) is 66.4 Å². The lowest BCUT2D eigenvalue weighted by atomic mass is 9.98. The van der Waals surface area contributed by atoms with Gasteiger partial charge in [-0.3, -0.25) is 0 Å². The molecule has 0 spiro atoms. The van der Waals surface area contributed by atoms with Crippen molar-refractivity contribution >= 4 is 0 Å². The van der Waals surface area contributed by atoms with Crippen molar-refractivity contribution in [2.45, 2.75) is 50.5 Å². The highest BCUT2D eigenvalue weighted by atomic mass is 16.7. The fourth-order valence-corrected chi connectivity index (χ4v) is 4.08. The van der Waals surface area contributed by atoms with E-state index < -0.39 is 30.7 Å². The Balaban J connectivity index is 1.56. The van der Waals surface area contributed by atoms with E-state index in [0.29, 0.717) is 19.8 Å². The van der Waals surface area contributed by atoms with Crippen molar-refractivity contribution in [3.05, 3.63) is 108 Å². The summed E-state index contributed by atoms with van der Waals surface area (Å²) in [6.07, 6.45) is -2.97. The molecule has 0 radical (unpaired) electrons. The molecule has 6 nitrogen and oxygen atoms in total. The summed E-state index contributed by atoms with van der Waals surface area (Å²) in [4.78, 5) is 0. The predicted octanol–water partition coefficient (Wildman–Crippen LogP) is 4.11. The second-order valence-corrected chi connectivity index (χ2v) is 8.24. The second-order valence-electron chi connectivity index (χ2n) is 8.24. The van der Waals surface area contributed by atoms with Gasteiger partial charge in [0.15, 0.2) is 6.29 Å². The molecule has 1 saturated heterocycles. The number of methoxy groups -OCH3 is 1. The first-order valence-electron chi connectivity index (χ1n) is 11.5. The van der Waals surface area contributed by atoms with Crippen molar-refractivity contribution < 1.29 is 28.8 Å². The van der Waals surface area contributed by atoms with Gasteiger partial charge in [0.1, 0.15) is 24.4 Å². The number of aliphatic hydroxyl groups is 1. The number of rotatable bonds is 11. The molecule has 6 heteroatoms. The van der Waals surface area contributed by atoms with Crippen molar-refractivity contribution in [2.24, 2.45) is 0 Å². The molecule has 0 aromatic heterocycles. The van der Waals surface area contributed by atoms with E-state index in [0.717, 1.165) is 16.7 Å². The van der Waals surface area contributed by atoms with Gasteiger partial charge >= 0.3 is 0 Å². The maximum absolute atomic E-state index is 10.1. The average molecular weight is 465 g/mol. The van der Waals surface area contributed by atoms with Crippen LogP contribution in [0.2, 0.25) is 0 Å². The van der Waals surface area contributed by atoms with Crippen molar-refractivity contribution in [3.8, 4) is 0 Å². The predicted molar refractivity (Wildman–Crippen MR) is 128 cm³/mol. The second kappa shape index (κ2) is 12.8. The van der Waals surface area contributed by atoms with Gasteiger partial charge in [-0.15, -0.1) is 0 Å². The Morgan fingerprint density at radius 2 is 1.03 bits per heavy atom. The SMILES string of the molecule is CO[C@@H]1O[C@H](CO)[C@@H](OCc2ccccc2)[C@H](OCc2ccccc2)[C@H]1OCc1ccccc1. The standard InChI is InChI=1S/C28H32O6/c1-30-28-27(33-20-23-15-9-4-10-16-23)26(32-19-22-13-7-3-8-14-22)25(24(17-29)34-28)31-18-21-11-5-2-6-12-21/h2-16,24-29H,17-20H2,1H3/t24-,25-,26+,27-,28-/m1/s1. The van der Waals surface area contributed by atoms with E-state index >= 15 is 0 Å². The van der Waals surface area contributed by atoms with Gasteiger partial charge in [-0.2, -0.15) is 0 Å². The van der Waals surface area contributed by atoms with Crippen molar-refractivity contribution in [2.75, 3.05) is 13.7 Å². The number of aliphatic hydroxyl groups excluding tert-OH is 1. The molecule has 0 amide bonds.